The van der Waals surface area contributed by atoms with Crippen molar-refractivity contribution in [2.45, 2.75) is 18.9 Å². The number of carbonyl (C=O) groups excluding carboxylic acids is 1. The third-order valence-electron chi connectivity index (χ3n) is 3.13. The van der Waals surface area contributed by atoms with E-state index in [1.54, 1.807) is 0 Å². The van der Waals surface area contributed by atoms with Gasteiger partial charge in [0.05, 0.1) is 16.6 Å². The summed E-state index contributed by atoms with van der Waals surface area (Å²) in [4.78, 5) is 23.5. The number of rotatable bonds is 2. The summed E-state index contributed by atoms with van der Waals surface area (Å²) < 4.78 is 0. The molecule has 0 saturated carbocycles. The normalized spacial score (nSPS) is 19.2. The second kappa shape index (κ2) is 5.23. The highest BCUT2D eigenvalue weighted by Gasteiger charge is 2.27. The van der Waals surface area contributed by atoms with Gasteiger partial charge in [-0.2, -0.15) is 0 Å². The van der Waals surface area contributed by atoms with Gasteiger partial charge in [0, 0.05) is 19.2 Å². The van der Waals surface area contributed by atoms with E-state index < -0.39 is 28.4 Å². The van der Waals surface area contributed by atoms with Crippen LogP contribution in [-0.4, -0.2) is 45.1 Å². The molecule has 1 aliphatic heterocycles. The van der Waals surface area contributed by atoms with Gasteiger partial charge >= 0.3 is 5.69 Å². The minimum Gasteiger partial charge on any atom is -0.502 e. The van der Waals surface area contributed by atoms with Crippen molar-refractivity contribution in [2.75, 3.05) is 13.1 Å². The largest absolute Gasteiger partial charge is 0.502 e. The number of likely N-dealkylation sites (tertiary alicyclic amines) is 1. The third-order valence-corrected chi connectivity index (χ3v) is 3.13. The average Bonchev–Trinajstić information content (AvgIpc) is 2.38. The quantitative estimate of drug-likeness (QED) is 0.611. The number of phenolic OH excluding ortho intramolecular Hbond substituents is 1. The van der Waals surface area contributed by atoms with Crippen LogP contribution in [-0.2, 0) is 0 Å². The molecular weight excluding hydrogens is 252 g/mol. The number of hydrogen-bond donors (Lipinski definition) is 2. The fraction of sp³-hybridized carbons (Fsp3) is 0.417. The highest BCUT2D eigenvalue weighted by atomic mass is 16.6. The molecule has 1 aromatic rings. The molecule has 19 heavy (non-hydrogen) atoms. The second-order valence-electron chi connectivity index (χ2n) is 4.48. The number of hydrogen-bond acceptors (Lipinski definition) is 5. The summed E-state index contributed by atoms with van der Waals surface area (Å²) in [6.45, 7) is 0.652. The summed E-state index contributed by atoms with van der Waals surface area (Å²) in [5.74, 6) is -1.13. The van der Waals surface area contributed by atoms with Gasteiger partial charge in [-0.3, -0.25) is 14.9 Å². The van der Waals surface area contributed by atoms with Gasteiger partial charge < -0.3 is 15.1 Å². The van der Waals surface area contributed by atoms with E-state index >= 15 is 0 Å². The number of carbonyl (C=O) groups is 1. The molecule has 0 bridgehead atoms. The van der Waals surface area contributed by atoms with Crippen LogP contribution in [0.5, 0.6) is 5.75 Å². The molecule has 1 heterocycles. The molecule has 7 nitrogen and oxygen atoms in total. The molecular formula is C12H14N2O5. The van der Waals surface area contributed by atoms with E-state index in [-0.39, 0.29) is 12.1 Å². The van der Waals surface area contributed by atoms with E-state index in [9.17, 15) is 25.1 Å². The Morgan fingerprint density at radius 3 is 2.84 bits per heavy atom. The van der Waals surface area contributed by atoms with Crippen molar-refractivity contribution in [1.29, 1.82) is 0 Å². The van der Waals surface area contributed by atoms with E-state index in [0.717, 1.165) is 6.07 Å². The first kappa shape index (κ1) is 13.3. The Morgan fingerprint density at radius 2 is 2.21 bits per heavy atom. The topological polar surface area (TPSA) is 104 Å². The van der Waals surface area contributed by atoms with E-state index in [1.165, 1.54) is 17.0 Å². The van der Waals surface area contributed by atoms with Crippen LogP contribution in [0.1, 0.15) is 23.2 Å². The summed E-state index contributed by atoms with van der Waals surface area (Å²) in [6, 6.07) is 3.83. The Kier molecular flexibility index (Phi) is 3.66. The zero-order chi connectivity index (χ0) is 14.0. The summed E-state index contributed by atoms with van der Waals surface area (Å²) in [7, 11) is 0. The lowest BCUT2D eigenvalue weighted by atomic mass is 10.1. The zero-order valence-electron chi connectivity index (χ0n) is 10.2. The summed E-state index contributed by atoms with van der Waals surface area (Å²) in [5.41, 5.74) is -0.605. The van der Waals surface area contributed by atoms with Crippen LogP contribution in [0.2, 0.25) is 0 Å². The van der Waals surface area contributed by atoms with Gasteiger partial charge in [-0.05, 0) is 18.9 Å². The Balaban J connectivity index is 2.28. The molecule has 2 rings (SSSR count). The summed E-state index contributed by atoms with van der Waals surface area (Å²) >= 11 is 0. The molecule has 1 atom stereocenters. The lowest BCUT2D eigenvalue weighted by Crippen LogP contribution is -2.42. The first-order chi connectivity index (χ1) is 9.00. The van der Waals surface area contributed by atoms with Crippen LogP contribution >= 0.6 is 0 Å². The van der Waals surface area contributed by atoms with Gasteiger partial charge in [0.2, 0.25) is 5.75 Å². The number of para-hydroxylation sites is 1. The van der Waals surface area contributed by atoms with Crippen molar-refractivity contribution in [2.24, 2.45) is 0 Å². The fourth-order valence-electron chi connectivity index (χ4n) is 2.16. The van der Waals surface area contributed by atoms with Crippen LogP contribution in [0.15, 0.2) is 18.2 Å². The fourth-order valence-corrected chi connectivity index (χ4v) is 2.16. The molecule has 0 radical (unpaired) electrons. The summed E-state index contributed by atoms with van der Waals surface area (Å²) in [6.07, 6.45) is 0.714. The molecule has 1 amide bonds. The SMILES string of the molecule is O=C(c1cccc([N+](=O)[O-])c1O)N1CCC[C@@H](O)C1. The van der Waals surface area contributed by atoms with Gasteiger partial charge in [-0.15, -0.1) is 0 Å². The molecule has 7 heteroatoms. The number of amides is 1. The van der Waals surface area contributed by atoms with Gasteiger partial charge in [0.15, 0.2) is 0 Å². The van der Waals surface area contributed by atoms with E-state index in [2.05, 4.69) is 0 Å². The van der Waals surface area contributed by atoms with Crippen molar-refractivity contribution < 1.29 is 19.9 Å². The number of nitro benzene ring substituents is 1. The molecule has 1 aromatic carbocycles. The average molecular weight is 266 g/mol. The van der Waals surface area contributed by atoms with Crippen LogP contribution < -0.4 is 0 Å². The van der Waals surface area contributed by atoms with Crippen molar-refractivity contribution >= 4 is 11.6 Å². The van der Waals surface area contributed by atoms with Gasteiger partial charge in [0.1, 0.15) is 0 Å². The van der Waals surface area contributed by atoms with Crippen LogP contribution in [0.4, 0.5) is 5.69 Å². The Morgan fingerprint density at radius 1 is 1.47 bits per heavy atom. The molecule has 0 aromatic heterocycles. The smallest absolute Gasteiger partial charge is 0.311 e. The van der Waals surface area contributed by atoms with Gasteiger partial charge in [-0.1, -0.05) is 6.07 Å². The van der Waals surface area contributed by atoms with Crippen molar-refractivity contribution in [3.8, 4) is 5.75 Å². The number of aliphatic hydroxyl groups excluding tert-OH is 1. The van der Waals surface area contributed by atoms with Crippen LogP contribution in [0.3, 0.4) is 0 Å². The number of aliphatic hydroxyl groups is 1. The number of phenols is 1. The van der Waals surface area contributed by atoms with Crippen LogP contribution in [0.25, 0.3) is 0 Å². The Hall–Kier alpha value is -2.15. The number of β-amino-alcohol motifs (C(OH)–C–C–N with tert-alkyl or cyclic N) is 1. The minimum atomic E-state index is -0.739. The zero-order valence-corrected chi connectivity index (χ0v) is 10.2. The van der Waals surface area contributed by atoms with Crippen LogP contribution in [0, 0.1) is 10.1 Å². The monoisotopic (exact) mass is 266 g/mol. The number of piperidine rings is 1. The lowest BCUT2D eigenvalue weighted by molar-refractivity contribution is -0.385. The van der Waals surface area contributed by atoms with Gasteiger partial charge in [-0.25, -0.2) is 0 Å². The first-order valence-electron chi connectivity index (χ1n) is 5.94. The lowest BCUT2D eigenvalue weighted by Gasteiger charge is -2.30. The second-order valence-corrected chi connectivity index (χ2v) is 4.48. The van der Waals surface area contributed by atoms with Crippen molar-refractivity contribution in [1.82, 2.24) is 4.90 Å². The Bertz CT molecular complexity index is 517. The van der Waals surface area contributed by atoms with E-state index in [1.807, 2.05) is 0 Å². The molecule has 0 unspecified atom stereocenters. The molecule has 0 aliphatic carbocycles. The Labute approximate surface area is 109 Å². The highest BCUT2D eigenvalue weighted by Crippen LogP contribution is 2.30. The maximum Gasteiger partial charge on any atom is 0.311 e. The molecule has 2 N–H and O–H groups in total. The number of nitrogens with zero attached hydrogens (tertiary/aromatic N) is 2. The number of benzene rings is 1. The van der Waals surface area contributed by atoms with Crippen molar-refractivity contribution in [3.63, 3.8) is 0 Å². The maximum absolute atomic E-state index is 12.2. The van der Waals surface area contributed by atoms with Gasteiger partial charge in [0.25, 0.3) is 5.91 Å². The third kappa shape index (κ3) is 2.65. The molecule has 0 spiro atoms. The molecule has 1 saturated heterocycles. The standard InChI is InChI=1S/C12H14N2O5/c15-8-3-2-6-13(7-8)12(17)9-4-1-5-10(11(9)16)14(18)19/h1,4-5,8,15-16H,2-3,6-7H2/t8-/m1/s1. The molecule has 1 fully saturated rings. The number of aromatic hydroxyl groups is 1. The van der Waals surface area contributed by atoms with E-state index in [4.69, 9.17) is 0 Å². The number of nitro groups is 1. The summed E-state index contributed by atoms with van der Waals surface area (Å²) in [5, 5.41) is 30.0. The highest BCUT2D eigenvalue weighted by molar-refractivity contribution is 5.98. The van der Waals surface area contributed by atoms with E-state index in [0.29, 0.717) is 19.4 Å². The molecule has 1 aliphatic rings. The first-order valence-corrected chi connectivity index (χ1v) is 5.94. The van der Waals surface area contributed by atoms with Crippen molar-refractivity contribution in [3.05, 3.63) is 33.9 Å². The predicted molar refractivity (Wildman–Crippen MR) is 65.9 cm³/mol. The minimum absolute atomic E-state index is 0.108. The predicted octanol–water partition coefficient (Wildman–Crippen LogP) is 0.897. The maximum atomic E-state index is 12.2. The molecule has 102 valence electrons.